The minimum atomic E-state index is -3.35. The molecule has 0 spiro atoms. The van der Waals surface area contributed by atoms with Crippen molar-refractivity contribution in [2.75, 3.05) is 32.9 Å². The number of carbonyl (C=O) groups is 3. The summed E-state index contributed by atoms with van der Waals surface area (Å²) in [7, 11) is 0. The number of thiazole rings is 1. The van der Waals surface area contributed by atoms with Gasteiger partial charge in [-0.15, -0.1) is 11.3 Å². The van der Waals surface area contributed by atoms with Crippen molar-refractivity contribution < 1.29 is 50.9 Å². The molecule has 5 atom stereocenters. The molecule has 69 heavy (non-hydrogen) atoms. The van der Waals surface area contributed by atoms with Gasteiger partial charge in [-0.05, 0) is 62.3 Å². The summed E-state index contributed by atoms with van der Waals surface area (Å²) in [4.78, 5) is 52.1. The Morgan fingerprint density at radius 1 is 0.986 bits per heavy atom. The number of fused-ring (bicyclic) bond motifs is 3. The lowest BCUT2D eigenvalue weighted by molar-refractivity contribution is -0.144. The van der Waals surface area contributed by atoms with Gasteiger partial charge in [-0.1, -0.05) is 63.2 Å². The molecular formula is C51H61F5N6O6S. The Balaban J connectivity index is 0.896. The van der Waals surface area contributed by atoms with Crippen LogP contribution in [0.15, 0.2) is 66.2 Å². The lowest BCUT2D eigenvalue weighted by atomic mass is 9.85. The second-order valence-electron chi connectivity index (χ2n) is 19.9. The van der Waals surface area contributed by atoms with E-state index < -0.39 is 103 Å². The number of nitrogens with one attached hydrogen (secondary N) is 3. The van der Waals surface area contributed by atoms with Gasteiger partial charge in [0.2, 0.25) is 17.7 Å². The lowest BCUT2D eigenvalue weighted by Gasteiger charge is -2.43. The van der Waals surface area contributed by atoms with Gasteiger partial charge in [-0.25, -0.2) is 26.9 Å². The number of benzene rings is 3. The molecule has 0 bridgehead atoms. The predicted octanol–water partition coefficient (Wildman–Crippen LogP) is 8.58. The number of H-pyrrole nitrogens is 1. The molecule has 3 amide bonds. The van der Waals surface area contributed by atoms with Crippen molar-refractivity contribution in [2.45, 2.75) is 123 Å². The summed E-state index contributed by atoms with van der Waals surface area (Å²) in [6.07, 6.45) is -2.08. The van der Waals surface area contributed by atoms with Crippen LogP contribution in [0.4, 0.5) is 22.0 Å². The number of ether oxygens (including phenoxy) is 2. The number of aromatic amines is 1. The van der Waals surface area contributed by atoms with Crippen LogP contribution >= 0.6 is 11.3 Å². The number of β-amino-alcohol motifs (C(OH)–C–C–N with tert-alkyl or cyclic N) is 1. The number of para-hydroxylation sites is 1. The van der Waals surface area contributed by atoms with Crippen molar-refractivity contribution >= 4 is 40.0 Å². The van der Waals surface area contributed by atoms with E-state index in [9.17, 15) is 19.5 Å². The van der Waals surface area contributed by atoms with Gasteiger partial charge in [-0.3, -0.25) is 19.3 Å². The van der Waals surface area contributed by atoms with Crippen LogP contribution in [0.3, 0.4) is 0 Å². The van der Waals surface area contributed by atoms with Gasteiger partial charge in [0.05, 0.1) is 41.4 Å². The molecular weight excluding hydrogens is 920 g/mol. The highest BCUT2D eigenvalue weighted by Gasteiger charge is 2.45. The zero-order chi connectivity index (χ0) is 50.0. The maximum absolute atomic E-state index is 16.1. The number of likely N-dealkylation sites (tertiary alicyclic amines) is 1. The normalized spacial score (nSPS) is 19.4. The second-order valence-corrected chi connectivity index (χ2v) is 20.8. The van der Waals surface area contributed by atoms with E-state index in [1.165, 1.54) is 30.1 Å². The number of halogens is 5. The summed E-state index contributed by atoms with van der Waals surface area (Å²) in [5.74, 6) is -7.38. The summed E-state index contributed by atoms with van der Waals surface area (Å²) in [6.45, 7) is 9.95. The summed E-state index contributed by atoms with van der Waals surface area (Å²) < 4.78 is 88.1. The van der Waals surface area contributed by atoms with E-state index in [0.717, 1.165) is 50.3 Å². The molecule has 372 valence electrons. The third-order valence-corrected chi connectivity index (χ3v) is 13.7. The minimum absolute atomic E-state index is 0.00159. The van der Waals surface area contributed by atoms with Gasteiger partial charge < -0.3 is 35.1 Å². The molecule has 0 aliphatic carbocycles. The van der Waals surface area contributed by atoms with Crippen LogP contribution < -0.4 is 15.4 Å². The molecule has 4 N–H and O–H groups in total. The van der Waals surface area contributed by atoms with E-state index >= 15 is 22.0 Å². The van der Waals surface area contributed by atoms with Crippen molar-refractivity contribution in [2.24, 2.45) is 5.41 Å². The van der Waals surface area contributed by atoms with Crippen molar-refractivity contribution in [3.05, 3.63) is 106 Å². The van der Waals surface area contributed by atoms with E-state index in [4.69, 9.17) is 9.47 Å². The van der Waals surface area contributed by atoms with Crippen LogP contribution in [0, 0.1) is 24.0 Å². The summed E-state index contributed by atoms with van der Waals surface area (Å²) in [5.41, 5.74) is 3.91. The first-order valence-electron chi connectivity index (χ1n) is 23.2. The molecule has 1 unspecified atom stereocenters. The molecule has 7 rings (SSSR count). The number of rotatable bonds is 18. The molecule has 2 aliphatic heterocycles. The number of aliphatic hydroxyl groups excluding tert-OH is 1. The van der Waals surface area contributed by atoms with Gasteiger partial charge in [0.1, 0.15) is 41.7 Å². The third-order valence-electron chi connectivity index (χ3n) is 12.7. The fourth-order valence-corrected chi connectivity index (χ4v) is 10.0. The first-order chi connectivity index (χ1) is 32.5. The van der Waals surface area contributed by atoms with E-state index in [2.05, 4.69) is 20.6 Å². The first-order valence-corrected chi connectivity index (χ1v) is 24.0. The van der Waals surface area contributed by atoms with Gasteiger partial charge in [0, 0.05) is 79.2 Å². The topological polar surface area (TPSA) is 149 Å². The van der Waals surface area contributed by atoms with Crippen molar-refractivity contribution in [3.8, 4) is 16.2 Å². The Kier molecular flexibility index (Phi) is 15.6. The molecule has 5 aromatic rings. The number of aromatic nitrogens is 2. The highest BCUT2D eigenvalue weighted by Crippen LogP contribution is 2.44. The highest BCUT2D eigenvalue weighted by atomic mass is 32.1. The Hall–Kier alpha value is -5.43. The molecule has 0 saturated carbocycles. The number of hydrogen-bond acceptors (Lipinski definition) is 9. The van der Waals surface area contributed by atoms with Crippen LogP contribution in [0.1, 0.15) is 94.9 Å². The van der Waals surface area contributed by atoms with E-state index in [-0.39, 0.29) is 43.4 Å². The van der Waals surface area contributed by atoms with Crippen LogP contribution in [0.25, 0.3) is 21.3 Å². The summed E-state index contributed by atoms with van der Waals surface area (Å²) in [6, 6.07) is 13.6. The minimum Gasteiger partial charge on any atom is -0.493 e. The van der Waals surface area contributed by atoms with Crippen LogP contribution in [-0.2, 0) is 32.1 Å². The average Bonchev–Trinajstić information content (AvgIpc) is 3.99. The summed E-state index contributed by atoms with van der Waals surface area (Å²) >= 11 is 1.53. The number of nitrogens with zero attached hydrogens (tertiary/aromatic N) is 3. The first kappa shape index (κ1) is 51.4. The Morgan fingerprint density at radius 3 is 2.32 bits per heavy atom. The number of amides is 3. The SMILES string of the molecule is Cc1ncsc1-c1ccc(CNC(=O)[C@@H]2C[C@@H](O)CN2C(=O)C(NC(=O)COCCC(F)(F)CCOc2cc(F)c([C@@H]3c4[nH]c5ccccc5c4C[C@@H](C)N3CC(C)(C)F)c(F)c2)C(C)(C)C)cc1. The number of aliphatic hydroxyl groups is 1. The quantitative estimate of drug-likeness (QED) is 0.0505. The third kappa shape index (κ3) is 12.3. The van der Waals surface area contributed by atoms with E-state index in [1.807, 2.05) is 62.4 Å². The lowest BCUT2D eigenvalue weighted by Crippen LogP contribution is -2.58. The molecule has 1 fully saturated rings. The second kappa shape index (κ2) is 20.9. The number of carbonyl (C=O) groups excluding carboxylic acids is 3. The highest BCUT2D eigenvalue weighted by molar-refractivity contribution is 7.13. The number of hydrogen-bond donors (Lipinski definition) is 4. The molecule has 18 heteroatoms. The van der Waals surface area contributed by atoms with Crippen LogP contribution in [0.5, 0.6) is 5.75 Å². The molecule has 3 aromatic carbocycles. The molecule has 4 heterocycles. The van der Waals surface area contributed by atoms with Crippen molar-refractivity contribution in [1.82, 2.24) is 30.4 Å². The van der Waals surface area contributed by atoms with Gasteiger partial charge in [0.15, 0.2) is 0 Å². The fraction of sp³-hybridized carbons (Fsp3) is 0.490. The standard InChI is InChI=1S/C51H61F5N6O6S/c1-29-20-36-35-10-8-9-11-39(35)59-43(36)44(62(29)27-50(6,7)54)42-37(52)22-34(23-38(42)53)68-19-17-51(55,56)16-18-67-26-41(64)60-46(49(3,4)5)48(66)61-25-33(63)21-40(61)47(65)57-24-31-12-14-32(15-13-31)45-30(2)58-28-69-45/h8-15,22-23,28-29,33,40,44,46,59,63H,16-21,24-27H2,1-7H3,(H,57,65)(H,60,64)/t29-,33-,40+,44-,46?/m1/s1. The molecule has 12 nitrogen and oxygen atoms in total. The van der Waals surface area contributed by atoms with Crippen LogP contribution in [-0.4, -0.2) is 111 Å². The Labute approximate surface area is 403 Å². The molecule has 2 aliphatic rings. The summed E-state index contributed by atoms with van der Waals surface area (Å²) in [5, 5.41) is 17.0. The predicted molar refractivity (Wildman–Crippen MR) is 254 cm³/mol. The van der Waals surface area contributed by atoms with E-state index in [1.54, 1.807) is 31.2 Å². The van der Waals surface area contributed by atoms with Gasteiger partial charge in [0.25, 0.3) is 5.92 Å². The average molecular weight is 981 g/mol. The van der Waals surface area contributed by atoms with E-state index in [0.29, 0.717) is 12.1 Å². The van der Waals surface area contributed by atoms with Gasteiger partial charge in [-0.2, -0.15) is 0 Å². The largest absolute Gasteiger partial charge is 0.493 e. The monoisotopic (exact) mass is 980 g/mol. The Morgan fingerprint density at radius 2 is 1.67 bits per heavy atom. The van der Waals surface area contributed by atoms with Crippen LogP contribution in [0.2, 0.25) is 0 Å². The van der Waals surface area contributed by atoms with Crippen molar-refractivity contribution in [1.29, 1.82) is 0 Å². The molecule has 2 aromatic heterocycles. The smallest absolute Gasteiger partial charge is 0.253 e. The molecule has 0 radical (unpaired) electrons. The number of alkyl halides is 3. The maximum Gasteiger partial charge on any atom is 0.253 e. The molecule has 1 saturated heterocycles. The Bertz CT molecular complexity index is 2600. The van der Waals surface area contributed by atoms with Crippen molar-refractivity contribution in [3.63, 3.8) is 0 Å². The number of aryl methyl sites for hydroxylation is 1. The zero-order valence-electron chi connectivity index (χ0n) is 39.9. The zero-order valence-corrected chi connectivity index (χ0v) is 40.8. The fourth-order valence-electron chi connectivity index (χ4n) is 9.22. The maximum atomic E-state index is 16.1. The van der Waals surface area contributed by atoms with Gasteiger partial charge >= 0.3 is 0 Å².